The Hall–Kier alpha value is -3.16. The summed E-state index contributed by atoms with van der Waals surface area (Å²) in [5.41, 5.74) is 6.94. The number of amides is 1. The van der Waals surface area contributed by atoms with Crippen molar-refractivity contribution in [1.29, 1.82) is 0 Å². The summed E-state index contributed by atoms with van der Waals surface area (Å²) in [6.07, 6.45) is 2.93. The fraction of sp³-hybridized carbons (Fsp3) is 0.467. The van der Waals surface area contributed by atoms with E-state index in [-0.39, 0.29) is 5.91 Å². The maximum Gasteiger partial charge on any atom is 0.272 e. The number of rotatable bonds is 6. The maximum absolute atomic E-state index is 13.8. The summed E-state index contributed by atoms with van der Waals surface area (Å²) in [6.45, 7) is 12.8. The molecule has 37 heavy (non-hydrogen) atoms. The number of fused-ring (bicyclic) bond motifs is 2. The molecule has 1 fully saturated rings. The summed E-state index contributed by atoms with van der Waals surface area (Å²) in [5.74, 6) is 0.959. The van der Waals surface area contributed by atoms with Crippen LogP contribution in [0.1, 0.15) is 32.9 Å². The van der Waals surface area contributed by atoms with Gasteiger partial charge >= 0.3 is 0 Å². The summed E-state index contributed by atoms with van der Waals surface area (Å²) in [4.78, 5) is 25.6. The first-order valence-electron chi connectivity index (χ1n) is 13.4. The monoisotopic (exact) mass is 501 g/mol. The molecule has 1 aromatic carbocycles. The second-order valence-corrected chi connectivity index (χ2v) is 11.7. The smallest absolute Gasteiger partial charge is 0.272 e. The highest BCUT2D eigenvalue weighted by Crippen LogP contribution is 2.36. The zero-order valence-electron chi connectivity index (χ0n) is 23.1. The molecular weight excluding hydrogens is 460 g/mol. The molecule has 0 unspecified atom stereocenters. The van der Waals surface area contributed by atoms with Crippen molar-refractivity contribution in [2.24, 2.45) is 0 Å². The van der Waals surface area contributed by atoms with E-state index in [1.807, 2.05) is 11.0 Å². The first kappa shape index (κ1) is 25.5. The van der Waals surface area contributed by atoms with Gasteiger partial charge in [-0.3, -0.25) is 4.79 Å². The lowest BCUT2D eigenvalue weighted by Gasteiger charge is -2.33. The number of nitrogens with zero attached hydrogens (tertiary/aromatic N) is 6. The van der Waals surface area contributed by atoms with Crippen LogP contribution in [0.3, 0.4) is 0 Å². The lowest BCUT2D eigenvalue weighted by Crippen LogP contribution is -2.47. The molecule has 7 heteroatoms. The summed E-state index contributed by atoms with van der Waals surface area (Å²) < 4.78 is 3.16. The first-order valence-corrected chi connectivity index (χ1v) is 13.4. The van der Waals surface area contributed by atoms with Gasteiger partial charge in [-0.15, -0.1) is 6.58 Å². The van der Waals surface area contributed by atoms with Gasteiger partial charge in [-0.1, -0.05) is 30.3 Å². The van der Waals surface area contributed by atoms with Gasteiger partial charge in [0.1, 0.15) is 12.2 Å². The third-order valence-electron chi connectivity index (χ3n) is 7.79. The number of likely N-dealkylation sites (N-methyl/N-ethyl adjacent to an activating group) is 1. The molecule has 0 bridgehead atoms. The van der Waals surface area contributed by atoms with Gasteiger partial charge in [-0.05, 0) is 37.6 Å². The molecule has 0 aliphatic carbocycles. The largest absolute Gasteiger partial charge is 0.350 e. The van der Waals surface area contributed by atoms with Crippen molar-refractivity contribution in [3.05, 3.63) is 71.1 Å². The Morgan fingerprint density at radius 2 is 1.78 bits per heavy atom. The number of hydrogen-bond donors (Lipinski definition) is 0. The molecule has 0 atom stereocenters. The van der Waals surface area contributed by atoms with E-state index in [0.29, 0.717) is 12.2 Å². The number of quaternary nitrogens is 1. The zero-order chi connectivity index (χ0) is 26.3. The van der Waals surface area contributed by atoms with Crippen LogP contribution in [0.25, 0.3) is 10.9 Å². The number of pyridine rings is 1. The van der Waals surface area contributed by atoms with Crippen LogP contribution in [0.15, 0.2) is 43.0 Å². The predicted molar refractivity (Wildman–Crippen MR) is 151 cm³/mol. The standard InChI is InChI=1S/C30H41N6O/c1-7-13-35-22(2)26(21-36(4,5)6)25-19-27(30(37)33-17-15-32(3)16-18-33)31-29(28(25)35)34-14-12-23-10-8-9-11-24(23)20-34/h7-11,19H,1,12-18,20-21H2,2-6H3/q+1. The predicted octanol–water partition coefficient (Wildman–Crippen LogP) is 3.69. The molecule has 3 aromatic rings. The van der Waals surface area contributed by atoms with Crippen LogP contribution in [-0.2, 0) is 26.1 Å². The quantitative estimate of drug-likeness (QED) is 0.382. The number of aromatic nitrogens is 2. The Labute approximate surface area is 221 Å². The molecule has 0 spiro atoms. The average molecular weight is 502 g/mol. The minimum atomic E-state index is 0.0407. The minimum absolute atomic E-state index is 0.0407. The molecule has 2 aromatic heterocycles. The Kier molecular flexibility index (Phi) is 6.86. The molecular formula is C30H41N6O+. The lowest BCUT2D eigenvalue weighted by atomic mass is 9.99. The van der Waals surface area contributed by atoms with E-state index < -0.39 is 0 Å². The Balaban J connectivity index is 1.69. The van der Waals surface area contributed by atoms with E-state index in [9.17, 15) is 4.79 Å². The van der Waals surface area contributed by atoms with Crippen LogP contribution < -0.4 is 4.90 Å². The highest BCUT2D eigenvalue weighted by Gasteiger charge is 2.29. The number of piperazine rings is 1. The fourth-order valence-electron chi connectivity index (χ4n) is 5.76. The molecule has 4 heterocycles. The third kappa shape index (κ3) is 5.03. The molecule has 0 N–H and O–H groups in total. The van der Waals surface area contributed by atoms with Gasteiger partial charge in [-0.2, -0.15) is 0 Å². The number of allylic oxidation sites excluding steroid dienone is 1. The van der Waals surface area contributed by atoms with Crippen LogP contribution in [0, 0.1) is 6.92 Å². The summed E-state index contributed by atoms with van der Waals surface area (Å²) >= 11 is 0. The van der Waals surface area contributed by atoms with Gasteiger partial charge in [-0.25, -0.2) is 4.98 Å². The van der Waals surface area contributed by atoms with E-state index >= 15 is 0 Å². The van der Waals surface area contributed by atoms with E-state index in [2.05, 4.69) is 86.4 Å². The number of carbonyl (C=O) groups excluding carboxylic acids is 1. The van der Waals surface area contributed by atoms with Crippen LogP contribution >= 0.6 is 0 Å². The highest BCUT2D eigenvalue weighted by molar-refractivity contribution is 6.01. The number of benzene rings is 1. The van der Waals surface area contributed by atoms with E-state index in [1.54, 1.807) is 0 Å². The van der Waals surface area contributed by atoms with Gasteiger partial charge in [0.15, 0.2) is 5.82 Å². The van der Waals surface area contributed by atoms with Crippen molar-refractivity contribution in [2.45, 2.75) is 33.0 Å². The maximum atomic E-state index is 13.8. The van der Waals surface area contributed by atoms with Crippen molar-refractivity contribution in [1.82, 2.24) is 19.4 Å². The Bertz CT molecular complexity index is 1330. The van der Waals surface area contributed by atoms with Crippen molar-refractivity contribution in [3.8, 4) is 0 Å². The number of hydrogen-bond acceptors (Lipinski definition) is 4. The van der Waals surface area contributed by atoms with Crippen LogP contribution in [0.4, 0.5) is 5.82 Å². The summed E-state index contributed by atoms with van der Waals surface area (Å²) in [5, 5.41) is 1.15. The van der Waals surface area contributed by atoms with Gasteiger partial charge in [0.25, 0.3) is 5.91 Å². The zero-order valence-corrected chi connectivity index (χ0v) is 23.1. The van der Waals surface area contributed by atoms with Crippen LogP contribution in [0.2, 0.25) is 0 Å². The van der Waals surface area contributed by atoms with E-state index in [0.717, 1.165) is 73.4 Å². The van der Waals surface area contributed by atoms with Gasteiger partial charge < -0.3 is 23.7 Å². The Morgan fingerprint density at radius 3 is 2.46 bits per heavy atom. The van der Waals surface area contributed by atoms with Gasteiger partial charge in [0, 0.05) is 62.5 Å². The number of carbonyl (C=O) groups is 1. The topological polar surface area (TPSA) is 44.6 Å². The molecule has 2 aliphatic rings. The second kappa shape index (κ2) is 9.95. The molecule has 5 rings (SSSR count). The van der Waals surface area contributed by atoms with Crippen LogP contribution in [0.5, 0.6) is 0 Å². The average Bonchev–Trinajstić information content (AvgIpc) is 3.13. The molecule has 2 aliphatic heterocycles. The van der Waals surface area contributed by atoms with Crippen molar-refractivity contribution in [3.63, 3.8) is 0 Å². The molecule has 7 nitrogen and oxygen atoms in total. The van der Waals surface area contributed by atoms with Crippen molar-refractivity contribution >= 4 is 22.6 Å². The molecule has 196 valence electrons. The molecule has 1 amide bonds. The van der Waals surface area contributed by atoms with Gasteiger partial charge in [0.2, 0.25) is 0 Å². The summed E-state index contributed by atoms with van der Waals surface area (Å²) in [7, 11) is 8.77. The van der Waals surface area contributed by atoms with Gasteiger partial charge in [0.05, 0.1) is 26.7 Å². The second-order valence-electron chi connectivity index (χ2n) is 11.7. The normalized spacial score (nSPS) is 16.8. The number of anilines is 1. The van der Waals surface area contributed by atoms with E-state index in [4.69, 9.17) is 4.98 Å². The molecule has 1 saturated heterocycles. The van der Waals surface area contributed by atoms with Crippen molar-refractivity contribution < 1.29 is 9.28 Å². The third-order valence-corrected chi connectivity index (χ3v) is 7.79. The lowest BCUT2D eigenvalue weighted by molar-refractivity contribution is -0.883. The Morgan fingerprint density at radius 1 is 1.08 bits per heavy atom. The summed E-state index contributed by atoms with van der Waals surface area (Å²) in [6, 6.07) is 10.7. The van der Waals surface area contributed by atoms with Crippen LogP contribution in [-0.4, -0.2) is 90.7 Å². The molecule has 0 saturated carbocycles. The first-order chi connectivity index (χ1) is 17.7. The molecule has 0 radical (unpaired) electrons. The van der Waals surface area contributed by atoms with Crippen molar-refractivity contribution in [2.75, 3.05) is 65.8 Å². The SMILES string of the molecule is C=CCn1c(C)c(C[N+](C)(C)C)c2cc(C(=O)N3CCN(C)CC3)nc(N3CCc4ccccc4C3)c21. The minimum Gasteiger partial charge on any atom is -0.350 e. The highest BCUT2D eigenvalue weighted by atomic mass is 16.2. The van der Waals surface area contributed by atoms with E-state index in [1.165, 1.54) is 22.4 Å². The fourth-order valence-corrected chi connectivity index (χ4v) is 5.76.